The molecule has 0 spiro atoms. The number of ether oxygens (including phenoxy) is 1. The lowest BCUT2D eigenvalue weighted by atomic mass is 10.1. The lowest BCUT2D eigenvalue weighted by Gasteiger charge is -2.26. The second-order valence-corrected chi connectivity index (χ2v) is 7.30. The summed E-state index contributed by atoms with van der Waals surface area (Å²) in [6.07, 6.45) is 1.37. The second-order valence-electron chi connectivity index (χ2n) is 6.89. The summed E-state index contributed by atoms with van der Waals surface area (Å²) in [5.41, 5.74) is 1.25. The number of nitrogens with zero attached hydrogens (tertiary/aromatic N) is 1. The molecule has 4 rings (SSSR count). The fourth-order valence-corrected chi connectivity index (χ4v) is 3.34. The average molecular weight is 449 g/mol. The number of benzene rings is 3. The lowest BCUT2D eigenvalue weighted by molar-refractivity contribution is -0.122. The van der Waals surface area contributed by atoms with E-state index in [1.165, 1.54) is 30.3 Å². The van der Waals surface area contributed by atoms with Crippen molar-refractivity contribution in [2.75, 3.05) is 4.90 Å². The van der Waals surface area contributed by atoms with Gasteiger partial charge in [0.2, 0.25) is 0 Å². The molecule has 0 bridgehead atoms. The number of amides is 4. The zero-order chi connectivity index (χ0) is 22.7. The molecular formula is C24H17ClN2O5. The highest BCUT2D eigenvalue weighted by Crippen LogP contribution is 2.27. The van der Waals surface area contributed by atoms with E-state index in [4.69, 9.17) is 16.3 Å². The van der Waals surface area contributed by atoms with Crippen LogP contribution in [0.25, 0.3) is 6.08 Å². The number of hydrogen-bond donors (Lipinski definition) is 2. The molecule has 1 fully saturated rings. The molecule has 0 aliphatic carbocycles. The molecule has 0 saturated carbocycles. The SMILES string of the molecule is O=C1NC(=O)N(c2ccc(O)cc2)C(=O)C1=Cc1ccccc1OCc1ccccc1Cl. The van der Waals surface area contributed by atoms with Crippen molar-refractivity contribution in [3.63, 3.8) is 0 Å². The van der Waals surface area contributed by atoms with Crippen molar-refractivity contribution in [2.24, 2.45) is 0 Å². The first kappa shape index (κ1) is 21.1. The number of carbonyl (C=O) groups excluding carboxylic acids is 3. The summed E-state index contributed by atoms with van der Waals surface area (Å²) in [4.78, 5) is 38.6. The Morgan fingerprint density at radius 3 is 2.38 bits per heavy atom. The van der Waals surface area contributed by atoms with Crippen LogP contribution in [-0.2, 0) is 16.2 Å². The number of nitrogens with one attached hydrogen (secondary N) is 1. The van der Waals surface area contributed by atoms with Gasteiger partial charge in [0.25, 0.3) is 11.8 Å². The quantitative estimate of drug-likeness (QED) is 0.448. The van der Waals surface area contributed by atoms with Gasteiger partial charge in [-0.15, -0.1) is 0 Å². The first-order valence-corrected chi connectivity index (χ1v) is 9.97. The number of barbiturate groups is 1. The number of phenolic OH excluding ortho intramolecular Hbond substituents is 1. The third-order valence-electron chi connectivity index (χ3n) is 4.77. The number of carbonyl (C=O) groups is 3. The smallest absolute Gasteiger partial charge is 0.335 e. The molecule has 1 heterocycles. The number of hydrogen-bond acceptors (Lipinski definition) is 5. The molecular weight excluding hydrogens is 432 g/mol. The summed E-state index contributed by atoms with van der Waals surface area (Å²) in [7, 11) is 0. The normalized spacial score (nSPS) is 15.1. The Balaban J connectivity index is 1.64. The van der Waals surface area contributed by atoms with Crippen molar-refractivity contribution in [2.45, 2.75) is 6.61 Å². The number of imide groups is 2. The van der Waals surface area contributed by atoms with Crippen molar-refractivity contribution < 1.29 is 24.2 Å². The zero-order valence-corrected chi connectivity index (χ0v) is 17.4. The minimum absolute atomic E-state index is 0.0185. The maximum Gasteiger partial charge on any atom is 0.335 e. The van der Waals surface area contributed by atoms with Crippen LogP contribution in [0.5, 0.6) is 11.5 Å². The molecule has 160 valence electrons. The minimum Gasteiger partial charge on any atom is -0.508 e. The largest absolute Gasteiger partial charge is 0.508 e. The maximum absolute atomic E-state index is 13.0. The Labute approximate surface area is 188 Å². The van der Waals surface area contributed by atoms with Crippen LogP contribution < -0.4 is 15.0 Å². The van der Waals surface area contributed by atoms with Crippen LogP contribution in [0.1, 0.15) is 11.1 Å². The molecule has 32 heavy (non-hydrogen) atoms. The molecule has 0 aromatic heterocycles. The number of rotatable bonds is 5. The second kappa shape index (κ2) is 8.95. The van der Waals surface area contributed by atoms with Crippen molar-refractivity contribution in [1.29, 1.82) is 0 Å². The van der Waals surface area contributed by atoms with Gasteiger partial charge in [0.05, 0.1) is 5.69 Å². The first-order valence-electron chi connectivity index (χ1n) is 9.60. The topological polar surface area (TPSA) is 95.9 Å². The van der Waals surface area contributed by atoms with Crippen LogP contribution in [-0.4, -0.2) is 23.0 Å². The highest BCUT2D eigenvalue weighted by molar-refractivity contribution is 6.39. The third kappa shape index (κ3) is 4.33. The number of para-hydroxylation sites is 1. The van der Waals surface area contributed by atoms with Crippen LogP contribution in [0.15, 0.2) is 78.4 Å². The van der Waals surface area contributed by atoms with Gasteiger partial charge in [0, 0.05) is 16.1 Å². The van der Waals surface area contributed by atoms with Crippen LogP contribution in [0.2, 0.25) is 5.02 Å². The maximum atomic E-state index is 13.0. The Kier molecular flexibility index (Phi) is 5.91. The fraction of sp³-hybridized carbons (Fsp3) is 0.0417. The molecule has 3 aromatic carbocycles. The Morgan fingerprint density at radius 2 is 1.62 bits per heavy atom. The third-order valence-corrected chi connectivity index (χ3v) is 5.14. The number of aromatic hydroxyl groups is 1. The number of urea groups is 1. The summed E-state index contributed by atoms with van der Waals surface area (Å²) in [5.74, 6) is -1.18. The van der Waals surface area contributed by atoms with Gasteiger partial charge in [-0.2, -0.15) is 0 Å². The Morgan fingerprint density at radius 1 is 0.938 bits per heavy atom. The highest BCUT2D eigenvalue weighted by atomic mass is 35.5. The number of anilines is 1. The average Bonchev–Trinajstić information content (AvgIpc) is 2.78. The fourth-order valence-electron chi connectivity index (χ4n) is 3.15. The number of halogens is 1. The van der Waals surface area contributed by atoms with E-state index in [1.54, 1.807) is 30.3 Å². The molecule has 1 saturated heterocycles. The van der Waals surface area contributed by atoms with E-state index in [0.717, 1.165) is 10.5 Å². The summed E-state index contributed by atoms with van der Waals surface area (Å²) in [6.45, 7) is 0.193. The molecule has 3 aromatic rings. The molecule has 4 amide bonds. The predicted molar refractivity (Wildman–Crippen MR) is 119 cm³/mol. The summed E-state index contributed by atoms with van der Waals surface area (Å²) in [5, 5.41) is 12.2. The molecule has 7 nitrogen and oxygen atoms in total. The Bertz CT molecular complexity index is 1240. The van der Waals surface area contributed by atoms with E-state index in [9.17, 15) is 19.5 Å². The van der Waals surface area contributed by atoms with Crippen molar-refractivity contribution >= 4 is 41.2 Å². The summed E-state index contributed by atoms with van der Waals surface area (Å²) >= 11 is 6.18. The van der Waals surface area contributed by atoms with Crippen LogP contribution in [0.3, 0.4) is 0 Å². The lowest BCUT2D eigenvalue weighted by Crippen LogP contribution is -2.54. The molecule has 1 aliphatic rings. The van der Waals surface area contributed by atoms with Gasteiger partial charge in [-0.25, -0.2) is 9.69 Å². The van der Waals surface area contributed by atoms with E-state index in [2.05, 4.69) is 5.32 Å². The van der Waals surface area contributed by atoms with E-state index in [1.807, 2.05) is 18.2 Å². The van der Waals surface area contributed by atoms with E-state index in [-0.39, 0.29) is 23.6 Å². The van der Waals surface area contributed by atoms with Gasteiger partial charge < -0.3 is 9.84 Å². The van der Waals surface area contributed by atoms with E-state index < -0.39 is 17.8 Å². The monoisotopic (exact) mass is 448 g/mol. The Hall–Kier alpha value is -4.10. The van der Waals surface area contributed by atoms with Crippen molar-refractivity contribution in [3.05, 3.63) is 94.5 Å². The van der Waals surface area contributed by atoms with Gasteiger partial charge in [0.1, 0.15) is 23.7 Å². The molecule has 0 unspecified atom stereocenters. The van der Waals surface area contributed by atoms with Crippen molar-refractivity contribution in [3.8, 4) is 11.5 Å². The molecule has 1 aliphatic heterocycles. The molecule has 0 radical (unpaired) electrons. The van der Waals surface area contributed by atoms with Gasteiger partial charge in [-0.05, 0) is 42.5 Å². The molecule has 2 N–H and O–H groups in total. The van der Waals surface area contributed by atoms with E-state index in [0.29, 0.717) is 16.3 Å². The van der Waals surface area contributed by atoms with Gasteiger partial charge in [0.15, 0.2) is 0 Å². The van der Waals surface area contributed by atoms with Crippen LogP contribution in [0.4, 0.5) is 10.5 Å². The highest BCUT2D eigenvalue weighted by Gasteiger charge is 2.37. The minimum atomic E-state index is -0.869. The van der Waals surface area contributed by atoms with Crippen molar-refractivity contribution in [1.82, 2.24) is 5.32 Å². The standard InChI is InChI=1S/C24H17ClN2O5/c25-20-7-3-1-6-16(20)14-32-21-8-4-2-5-15(21)13-19-22(29)26-24(31)27(23(19)30)17-9-11-18(28)12-10-17/h1-13,28H,14H2,(H,26,29,31). The predicted octanol–water partition coefficient (Wildman–Crippen LogP) is 4.29. The molecule has 8 heteroatoms. The zero-order valence-electron chi connectivity index (χ0n) is 16.6. The first-order chi connectivity index (χ1) is 15.4. The number of phenols is 1. The van der Waals surface area contributed by atoms with Gasteiger partial charge in [-0.3, -0.25) is 14.9 Å². The summed E-state index contributed by atoms with van der Waals surface area (Å²) < 4.78 is 5.88. The summed E-state index contributed by atoms with van der Waals surface area (Å²) in [6, 6.07) is 18.8. The van der Waals surface area contributed by atoms with Crippen LogP contribution in [0, 0.1) is 0 Å². The van der Waals surface area contributed by atoms with Gasteiger partial charge in [-0.1, -0.05) is 48.0 Å². The van der Waals surface area contributed by atoms with E-state index >= 15 is 0 Å². The molecule has 0 atom stereocenters. The van der Waals surface area contributed by atoms with Crippen LogP contribution >= 0.6 is 11.6 Å². The van der Waals surface area contributed by atoms with Gasteiger partial charge >= 0.3 is 6.03 Å².